The molecule has 0 aromatic rings. The van der Waals surface area contributed by atoms with Gasteiger partial charge in [-0.05, 0) is 25.2 Å². The topological polar surface area (TPSA) is 78.9 Å². The maximum absolute atomic E-state index is 12.9. The summed E-state index contributed by atoms with van der Waals surface area (Å²) in [6.45, 7) is 9.06. The van der Waals surface area contributed by atoms with E-state index in [0.717, 1.165) is 63.7 Å². The lowest BCUT2D eigenvalue weighted by molar-refractivity contribution is -0.167. The minimum Gasteiger partial charge on any atom is -0.462 e. The predicted molar refractivity (Wildman–Crippen MR) is 298 cm³/mol. The molecular weight excluding hydrogens is 853 g/mol. The molecule has 6 heteroatoms. The van der Waals surface area contributed by atoms with Gasteiger partial charge in [0.25, 0.3) is 0 Å². The molecule has 0 radical (unpaired) electrons. The summed E-state index contributed by atoms with van der Waals surface area (Å²) in [6.07, 6.45) is 63.9. The minimum atomic E-state index is -0.763. The maximum atomic E-state index is 12.9. The number of carbonyl (C=O) groups is 3. The summed E-state index contributed by atoms with van der Waals surface area (Å²) in [4.78, 5) is 38.2. The molecule has 0 aliphatic carbocycles. The molecule has 0 rings (SSSR count). The van der Waals surface area contributed by atoms with Crippen molar-refractivity contribution in [2.24, 2.45) is 5.92 Å². The largest absolute Gasteiger partial charge is 0.462 e. The van der Waals surface area contributed by atoms with Crippen LogP contribution >= 0.6 is 0 Å². The maximum Gasteiger partial charge on any atom is 0.306 e. The summed E-state index contributed by atoms with van der Waals surface area (Å²) in [5.74, 6) is -0.0127. The Morgan fingerprint density at radius 2 is 0.478 bits per heavy atom. The van der Waals surface area contributed by atoms with Crippen molar-refractivity contribution in [3.8, 4) is 0 Å². The fourth-order valence-corrected chi connectivity index (χ4v) is 9.81. The lowest BCUT2D eigenvalue weighted by Gasteiger charge is -2.18. The summed E-state index contributed by atoms with van der Waals surface area (Å²) in [5.41, 5.74) is 0. The third kappa shape index (κ3) is 57.2. The molecule has 69 heavy (non-hydrogen) atoms. The van der Waals surface area contributed by atoms with Crippen LogP contribution in [0.1, 0.15) is 362 Å². The summed E-state index contributed by atoms with van der Waals surface area (Å²) >= 11 is 0. The van der Waals surface area contributed by atoms with Crippen LogP contribution in [0.15, 0.2) is 0 Å². The van der Waals surface area contributed by atoms with Crippen molar-refractivity contribution in [3.05, 3.63) is 0 Å². The zero-order chi connectivity index (χ0) is 50.2. The van der Waals surface area contributed by atoms with E-state index < -0.39 is 6.10 Å². The van der Waals surface area contributed by atoms with Gasteiger partial charge >= 0.3 is 17.9 Å². The third-order valence-corrected chi connectivity index (χ3v) is 14.5. The molecule has 0 heterocycles. The highest BCUT2D eigenvalue weighted by molar-refractivity contribution is 5.71. The molecule has 0 N–H and O–H groups in total. The zero-order valence-corrected chi connectivity index (χ0v) is 47.3. The number of carbonyl (C=O) groups excluding carboxylic acids is 3. The van der Waals surface area contributed by atoms with E-state index >= 15 is 0 Å². The van der Waals surface area contributed by atoms with Crippen molar-refractivity contribution in [3.63, 3.8) is 0 Å². The standard InChI is InChI=1S/C63H122O6/c1-5-7-9-11-13-15-17-19-21-23-25-27-29-31-33-38-42-46-50-54-61(64)67-57-60(58-68-62(65)55-51-47-43-39-36-35-37-41-45-49-53-59(3)4)69-63(66)56-52-48-44-40-34-32-30-28-26-24-22-20-18-16-14-12-10-8-6-2/h59-60H,5-58H2,1-4H3/t60-/m1/s1. The van der Waals surface area contributed by atoms with Crippen molar-refractivity contribution in [2.75, 3.05) is 13.2 Å². The lowest BCUT2D eigenvalue weighted by atomic mass is 10.0. The quantitative estimate of drug-likeness (QED) is 0.0343. The van der Waals surface area contributed by atoms with Crippen molar-refractivity contribution in [1.82, 2.24) is 0 Å². The van der Waals surface area contributed by atoms with E-state index in [1.165, 1.54) is 257 Å². The minimum absolute atomic E-state index is 0.0616. The zero-order valence-electron chi connectivity index (χ0n) is 47.3. The predicted octanol–water partition coefficient (Wildman–Crippen LogP) is 21.0. The van der Waals surface area contributed by atoms with E-state index in [1.807, 2.05) is 0 Å². The van der Waals surface area contributed by atoms with E-state index in [0.29, 0.717) is 19.3 Å². The summed E-state index contributed by atoms with van der Waals surface area (Å²) in [6, 6.07) is 0. The second-order valence-electron chi connectivity index (χ2n) is 22.2. The first kappa shape index (κ1) is 67.4. The molecule has 0 aromatic heterocycles. The van der Waals surface area contributed by atoms with Gasteiger partial charge in [0, 0.05) is 19.3 Å². The van der Waals surface area contributed by atoms with Gasteiger partial charge in [-0.2, -0.15) is 0 Å². The number of ether oxygens (including phenoxy) is 3. The monoisotopic (exact) mass is 975 g/mol. The normalized spacial score (nSPS) is 12.0. The van der Waals surface area contributed by atoms with Gasteiger partial charge in [0.05, 0.1) is 0 Å². The van der Waals surface area contributed by atoms with Gasteiger partial charge in [-0.15, -0.1) is 0 Å². The fourth-order valence-electron chi connectivity index (χ4n) is 9.81. The van der Waals surface area contributed by atoms with Crippen molar-refractivity contribution in [2.45, 2.75) is 368 Å². The Kier molecular flexibility index (Phi) is 56.0. The number of hydrogen-bond donors (Lipinski definition) is 0. The molecule has 0 aliphatic heterocycles. The molecule has 0 saturated carbocycles. The second-order valence-corrected chi connectivity index (χ2v) is 22.2. The Morgan fingerprint density at radius 1 is 0.275 bits per heavy atom. The van der Waals surface area contributed by atoms with Crippen molar-refractivity contribution in [1.29, 1.82) is 0 Å². The van der Waals surface area contributed by atoms with E-state index in [2.05, 4.69) is 27.7 Å². The molecule has 0 unspecified atom stereocenters. The van der Waals surface area contributed by atoms with Gasteiger partial charge in [-0.25, -0.2) is 0 Å². The van der Waals surface area contributed by atoms with Crippen LogP contribution in [-0.2, 0) is 28.6 Å². The highest BCUT2D eigenvalue weighted by Gasteiger charge is 2.19. The van der Waals surface area contributed by atoms with Gasteiger partial charge in [-0.1, -0.05) is 323 Å². The number of unbranched alkanes of at least 4 members (excludes halogenated alkanes) is 45. The average molecular weight is 976 g/mol. The van der Waals surface area contributed by atoms with Crippen molar-refractivity contribution >= 4 is 17.9 Å². The Bertz CT molecular complexity index is 1040. The smallest absolute Gasteiger partial charge is 0.306 e. The molecular formula is C63H122O6. The van der Waals surface area contributed by atoms with Gasteiger partial charge < -0.3 is 14.2 Å². The molecule has 0 bridgehead atoms. The van der Waals surface area contributed by atoms with E-state index in [4.69, 9.17) is 14.2 Å². The number of esters is 3. The molecule has 0 aromatic carbocycles. The van der Waals surface area contributed by atoms with Gasteiger partial charge in [0.2, 0.25) is 0 Å². The molecule has 6 nitrogen and oxygen atoms in total. The molecule has 0 amide bonds. The van der Waals surface area contributed by atoms with Crippen LogP contribution in [0, 0.1) is 5.92 Å². The van der Waals surface area contributed by atoms with Crippen LogP contribution in [0.5, 0.6) is 0 Å². The number of hydrogen-bond acceptors (Lipinski definition) is 6. The van der Waals surface area contributed by atoms with Crippen molar-refractivity contribution < 1.29 is 28.6 Å². The molecule has 0 spiro atoms. The van der Waals surface area contributed by atoms with Gasteiger partial charge in [0.1, 0.15) is 13.2 Å². The van der Waals surface area contributed by atoms with Crippen LogP contribution < -0.4 is 0 Å². The molecule has 0 saturated heterocycles. The Labute approximate surface area is 431 Å². The summed E-state index contributed by atoms with van der Waals surface area (Å²) < 4.78 is 16.9. The van der Waals surface area contributed by atoms with Crippen LogP contribution in [0.3, 0.4) is 0 Å². The first-order chi connectivity index (χ1) is 33.9. The summed E-state index contributed by atoms with van der Waals surface area (Å²) in [5, 5.41) is 0. The van der Waals surface area contributed by atoms with Crippen LogP contribution in [0.25, 0.3) is 0 Å². The number of rotatable bonds is 58. The SMILES string of the molecule is CCCCCCCCCCCCCCCCCCCCCC(=O)OC[C@H](COC(=O)CCCCCCCCCCCCC(C)C)OC(=O)CCCCCCCCCCCCCCCCCCCCC. The highest BCUT2D eigenvalue weighted by Crippen LogP contribution is 2.19. The third-order valence-electron chi connectivity index (χ3n) is 14.5. The first-order valence-corrected chi connectivity index (χ1v) is 31.4. The molecule has 410 valence electrons. The highest BCUT2D eigenvalue weighted by atomic mass is 16.6. The average Bonchev–Trinajstić information content (AvgIpc) is 3.34. The molecule has 1 atom stereocenters. The Hall–Kier alpha value is -1.59. The summed E-state index contributed by atoms with van der Waals surface area (Å²) in [7, 11) is 0. The van der Waals surface area contributed by atoms with E-state index in [1.54, 1.807) is 0 Å². The van der Waals surface area contributed by atoms with Gasteiger partial charge in [0.15, 0.2) is 6.10 Å². The molecule has 0 aliphatic rings. The lowest BCUT2D eigenvalue weighted by Crippen LogP contribution is -2.30. The van der Waals surface area contributed by atoms with E-state index in [-0.39, 0.29) is 31.1 Å². The Balaban J connectivity index is 4.26. The Morgan fingerprint density at radius 3 is 0.710 bits per heavy atom. The van der Waals surface area contributed by atoms with Crippen LogP contribution in [0.2, 0.25) is 0 Å². The van der Waals surface area contributed by atoms with Crippen LogP contribution in [0.4, 0.5) is 0 Å². The first-order valence-electron chi connectivity index (χ1n) is 31.4. The fraction of sp³-hybridized carbons (Fsp3) is 0.952. The van der Waals surface area contributed by atoms with E-state index in [9.17, 15) is 14.4 Å². The second kappa shape index (κ2) is 57.3. The van der Waals surface area contributed by atoms with Crippen LogP contribution in [-0.4, -0.2) is 37.2 Å². The molecule has 0 fully saturated rings. The van der Waals surface area contributed by atoms with Gasteiger partial charge in [-0.3, -0.25) is 14.4 Å².